The van der Waals surface area contributed by atoms with Gasteiger partial charge in [0.1, 0.15) is 0 Å². The lowest BCUT2D eigenvalue weighted by atomic mass is 10.2. The highest BCUT2D eigenvalue weighted by Gasteiger charge is 2.12. The van der Waals surface area contributed by atoms with Gasteiger partial charge in [-0.15, -0.1) is 0 Å². The van der Waals surface area contributed by atoms with Crippen LogP contribution < -0.4 is 0 Å². The highest BCUT2D eigenvalue weighted by molar-refractivity contribution is 6.63. The van der Waals surface area contributed by atoms with Gasteiger partial charge in [0.25, 0.3) is 5.69 Å². The Hall–Kier alpha value is -1.95. The van der Waals surface area contributed by atoms with Gasteiger partial charge in [0.2, 0.25) is 0 Å². The van der Waals surface area contributed by atoms with Gasteiger partial charge in [-0.05, 0) is 17.7 Å². The molecule has 0 atom stereocenters. The number of hydrogen-bond acceptors (Lipinski definition) is 4. The molecule has 0 radical (unpaired) electrons. The number of halogens is 1. The van der Waals surface area contributed by atoms with Crippen LogP contribution in [0.2, 0.25) is 0 Å². The lowest BCUT2D eigenvalue weighted by molar-refractivity contribution is -0.384. The molecule has 0 aliphatic carbocycles. The van der Waals surface area contributed by atoms with E-state index in [0.29, 0.717) is 10.9 Å². The van der Waals surface area contributed by atoms with Crippen LogP contribution in [0, 0.1) is 10.1 Å². The summed E-state index contributed by atoms with van der Waals surface area (Å²) < 4.78 is 0.907. The molecule has 0 N–H and O–H groups in total. The van der Waals surface area contributed by atoms with Crippen molar-refractivity contribution in [2.24, 2.45) is 0 Å². The molecule has 1 aromatic carbocycles. The molecule has 0 aliphatic rings. The number of fused-ring (bicyclic) bond motifs is 1. The van der Waals surface area contributed by atoms with Gasteiger partial charge in [-0.25, -0.2) is 0 Å². The number of aromatic nitrogens is 2. The Morgan fingerprint density at radius 3 is 2.87 bits per heavy atom. The largest absolute Gasteiger partial charge is 0.341 e. The van der Waals surface area contributed by atoms with Gasteiger partial charge in [0.05, 0.1) is 16.6 Å². The van der Waals surface area contributed by atoms with E-state index in [2.05, 4.69) is 5.10 Å². The highest BCUT2D eigenvalue weighted by Crippen LogP contribution is 2.20. The van der Waals surface area contributed by atoms with Gasteiger partial charge < -0.3 is 0 Å². The topological polar surface area (TPSA) is 78.0 Å². The fraction of sp³-hybridized carbons (Fsp3) is 0. The molecule has 76 valence electrons. The Labute approximate surface area is 88.2 Å². The van der Waals surface area contributed by atoms with Crippen molar-refractivity contribution >= 4 is 33.6 Å². The predicted octanol–water partition coefficient (Wildman–Crippen LogP) is 2.15. The molecule has 0 saturated carbocycles. The maximum absolute atomic E-state index is 10.9. The van der Waals surface area contributed by atoms with Crippen LogP contribution in [0.15, 0.2) is 24.4 Å². The number of carbonyl (C=O) groups is 1. The number of non-ortho nitro benzene ring substituents is 1. The summed E-state index contributed by atoms with van der Waals surface area (Å²) >= 11 is 5.25. The van der Waals surface area contributed by atoms with Crippen LogP contribution in [-0.4, -0.2) is 20.1 Å². The minimum atomic E-state index is -0.800. The molecule has 6 nitrogen and oxygen atoms in total. The number of carbonyl (C=O) groups excluding carboxylic acids is 1. The molecule has 7 heteroatoms. The zero-order chi connectivity index (χ0) is 11.0. The molecule has 0 fully saturated rings. The maximum atomic E-state index is 10.9. The summed E-state index contributed by atoms with van der Waals surface area (Å²) in [5, 5.41) is 14.0. The fourth-order valence-electron chi connectivity index (χ4n) is 1.26. The number of hydrogen-bond donors (Lipinski definition) is 0. The zero-order valence-corrected chi connectivity index (χ0v) is 8.01. The van der Waals surface area contributed by atoms with Gasteiger partial charge in [0, 0.05) is 17.5 Å². The van der Waals surface area contributed by atoms with Gasteiger partial charge in [-0.1, -0.05) is 0 Å². The average molecular weight is 226 g/mol. The first-order valence-electron chi connectivity index (χ1n) is 3.91. The predicted molar refractivity (Wildman–Crippen MR) is 53.0 cm³/mol. The summed E-state index contributed by atoms with van der Waals surface area (Å²) in [6.07, 6.45) is 1.42. The SMILES string of the molecule is O=C(Cl)n1ncc2ccc([N+](=O)[O-])cc21. The second kappa shape index (κ2) is 3.32. The molecule has 0 aliphatic heterocycles. The Morgan fingerprint density at radius 1 is 1.53 bits per heavy atom. The molecule has 1 aromatic heterocycles. The molecule has 0 amide bonds. The van der Waals surface area contributed by atoms with Gasteiger partial charge in [-0.3, -0.25) is 14.9 Å². The summed E-state index contributed by atoms with van der Waals surface area (Å²) in [5.74, 6) is 0. The molecule has 1 heterocycles. The van der Waals surface area contributed by atoms with Crippen LogP contribution in [0.3, 0.4) is 0 Å². The minimum absolute atomic E-state index is 0.109. The summed E-state index contributed by atoms with van der Waals surface area (Å²) in [6.45, 7) is 0. The first-order chi connectivity index (χ1) is 7.09. The lowest BCUT2D eigenvalue weighted by Gasteiger charge is -1.95. The summed E-state index contributed by atoms with van der Waals surface area (Å²) in [4.78, 5) is 20.9. The Morgan fingerprint density at radius 2 is 2.27 bits per heavy atom. The molecular formula is C8H4ClN3O3. The van der Waals surface area contributed by atoms with Crippen molar-refractivity contribution < 1.29 is 9.72 Å². The van der Waals surface area contributed by atoms with Crippen LogP contribution in [0.4, 0.5) is 10.5 Å². The van der Waals surface area contributed by atoms with Crippen LogP contribution in [-0.2, 0) is 0 Å². The second-order valence-electron chi connectivity index (χ2n) is 2.81. The smallest absolute Gasteiger partial charge is 0.258 e. The van der Waals surface area contributed by atoms with Crippen LogP contribution in [0.25, 0.3) is 10.9 Å². The summed E-state index contributed by atoms with van der Waals surface area (Å²) in [5.41, 5.74) is 0.214. The second-order valence-corrected chi connectivity index (χ2v) is 3.13. The fourth-order valence-corrected chi connectivity index (χ4v) is 1.40. The maximum Gasteiger partial charge on any atom is 0.341 e. The van der Waals surface area contributed by atoms with Crippen molar-refractivity contribution in [3.63, 3.8) is 0 Å². The molecule has 0 spiro atoms. The first-order valence-corrected chi connectivity index (χ1v) is 4.29. The van der Waals surface area contributed by atoms with E-state index in [-0.39, 0.29) is 5.69 Å². The van der Waals surface area contributed by atoms with E-state index < -0.39 is 10.3 Å². The Kier molecular flexibility index (Phi) is 2.12. The van der Waals surface area contributed by atoms with Crippen LogP contribution >= 0.6 is 11.6 Å². The van der Waals surface area contributed by atoms with Gasteiger partial charge in [0.15, 0.2) is 0 Å². The normalized spacial score (nSPS) is 10.5. The van der Waals surface area contributed by atoms with Crippen LogP contribution in [0.5, 0.6) is 0 Å². The molecular weight excluding hydrogens is 222 g/mol. The summed E-state index contributed by atoms with van der Waals surface area (Å²) in [6, 6.07) is 4.10. The van der Waals surface area contributed by atoms with E-state index in [9.17, 15) is 14.9 Å². The van der Waals surface area contributed by atoms with Crippen molar-refractivity contribution in [3.8, 4) is 0 Å². The number of nitrogens with zero attached hydrogens (tertiary/aromatic N) is 3. The third-order valence-electron chi connectivity index (χ3n) is 1.93. The molecule has 0 unspecified atom stereocenters. The third kappa shape index (κ3) is 1.55. The average Bonchev–Trinajstić information content (AvgIpc) is 2.59. The van der Waals surface area contributed by atoms with E-state index in [1.165, 1.54) is 24.4 Å². The standard InChI is InChI=1S/C8H4ClN3O3/c9-8(13)11-7-3-6(12(14)15)2-1-5(7)4-10-11/h1-4H. The Bertz CT molecular complexity index is 563. The number of rotatable bonds is 1. The van der Waals surface area contributed by atoms with E-state index in [1.807, 2.05) is 0 Å². The first kappa shape index (κ1) is 9.60. The monoisotopic (exact) mass is 225 g/mol. The van der Waals surface area contributed by atoms with Gasteiger partial charge >= 0.3 is 5.37 Å². The molecule has 15 heavy (non-hydrogen) atoms. The van der Waals surface area contributed by atoms with Crippen molar-refractivity contribution in [3.05, 3.63) is 34.5 Å². The molecule has 2 aromatic rings. The van der Waals surface area contributed by atoms with E-state index >= 15 is 0 Å². The molecule has 2 rings (SSSR count). The van der Waals surface area contributed by atoms with E-state index in [1.54, 1.807) is 0 Å². The van der Waals surface area contributed by atoms with Crippen molar-refractivity contribution in [1.29, 1.82) is 0 Å². The van der Waals surface area contributed by atoms with Crippen molar-refractivity contribution in [2.75, 3.05) is 0 Å². The minimum Gasteiger partial charge on any atom is -0.258 e. The Balaban J connectivity index is 2.72. The van der Waals surface area contributed by atoms with Gasteiger partial charge in [-0.2, -0.15) is 9.78 Å². The highest BCUT2D eigenvalue weighted by atomic mass is 35.5. The molecule has 0 bridgehead atoms. The lowest BCUT2D eigenvalue weighted by Crippen LogP contribution is -2.03. The van der Waals surface area contributed by atoms with E-state index in [4.69, 9.17) is 11.6 Å². The third-order valence-corrected chi connectivity index (χ3v) is 2.09. The number of benzene rings is 1. The quantitative estimate of drug-likeness (QED) is 0.423. The van der Waals surface area contributed by atoms with Crippen LogP contribution in [0.1, 0.15) is 0 Å². The zero-order valence-electron chi connectivity index (χ0n) is 7.25. The van der Waals surface area contributed by atoms with Crippen molar-refractivity contribution in [2.45, 2.75) is 0 Å². The van der Waals surface area contributed by atoms with Crippen molar-refractivity contribution in [1.82, 2.24) is 9.78 Å². The molecule has 0 saturated heterocycles. The summed E-state index contributed by atoms with van der Waals surface area (Å²) in [7, 11) is 0. The van der Waals surface area contributed by atoms with E-state index in [0.717, 1.165) is 4.68 Å². The number of nitro benzene ring substituents is 1. The number of nitro groups is 1.